The topological polar surface area (TPSA) is 61.9 Å². The van der Waals surface area contributed by atoms with Crippen LogP contribution in [0.1, 0.15) is 51.9 Å². The first kappa shape index (κ1) is 19.2. The van der Waals surface area contributed by atoms with Crippen molar-refractivity contribution in [2.75, 3.05) is 32.8 Å². The summed E-state index contributed by atoms with van der Waals surface area (Å²) in [6, 6.07) is 0.841. The SMILES string of the molecule is CCOC(=O)N1CCCC(N2CCC(C(=O)NC3CC=CC3)CC2)CC1. The van der Waals surface area contributed by atoms with E-state index in [1.54, 1.807) is 0 Å². The summed E-state index contributed by atoms with van der Waals surface area (Å²) in [5.74, 6) is 0.404. The fourth-order valence-corrected chi connectivity index (χ4v) is 4.42. The molecular weight excluding hydrogens is 330 g/mol. The van der Waals surface area contributed by atoms with Gasteiger partial charge in [-0.1, -0.05) is 12.2 Å². The van der Waals surface area contributed by atoms with E-state index in [0.717, 1.165) is 71.1 Å². The van der Waals surface area contributed by atoms with Gasteiger partial charge in [0.15, 0.2) is 0 Å². The summed E-state index contributed by atoms with van der Waals surface area (Å²) in [5.41, 5.74) is 0. The van der Waals surface area contributed by atoms with E-state index < -0.39 is 0 Å². The number of rotatable bonds is 4. The van der Waals surface area contributed by atoms with Gasteiger partial charge < -0.3 is 19.9 Å². The van der Waals surface area contributed by atoms with Crippen molar-refractivity contribution in [1.29, 1.82) is 0 Å². The molecule has 6 nitrogen and oxygen atoms in total. The molecule has 146 valence electrons. The monoisotopic (exact) mass is 363 g/mol. The van der Waals surface area contributed by atoms with Crippen LogP contribution in [-0.2, 0) is 9.53 Å². The summed E-state index contributed by atoms with van der Waals surface area (Å²) >= 11 is 0. The molecule has 26 heavy (non-hydrogen) atoms. The van der Waals surface area contributed by atoms with Crippen molar-refractivity contribution in [1.82, 2.24) is 15.1 Å². The van der Waals surface area contributed by atoms with Gasteiger partial charge in [-0.25, -0.2) is 4.79 Å². The molecule has 0 saturated carbocycles. The lowest BCUT2D eigenvalue weighted by molar-refractivity contribution is -0.127. The molecule has 1 unspecified atom stereocenters. The summed E-state index contributed by atoms with van der Waals surface area (Å²) in [6.07, 6.45) is 11.1. The second-order valence-electron chi connectivity index (χ2n) is 7.73. The van der Waals surface area contributed by atoms with Gasteiger partial charge in [-0.3, -0.25) is 4.79 Å². The highest BCUT2D eigenvalue weighted by Gasteiger charge is 2.31. The molecular formula is C20H33N3O3. The van der Waals surface area contributed by atoms with Crippen molar-refractivity contribution in [3.8, 4) is 0 Å². The Morgan fingerprint density at radius 1 is 1.04 bits per heavy atom. The summed E-state index contributed by atoms with van der Waals surface area (Å²) in [7, 11) is 0. The number of nitrogens with one attached hydrogen (secondary N) is 1. The normalized spacial score (nSPS) is 25.9. The molecule has 1 aliphatic carbocycles. The Morgan fingerprint density at radius 2 is 1.77 bits per heavy atom. The van der Waals surface area contributed by atoms with E-state index in [2.05, 4.69) is 22.4 Å². The highest BCUT2D eigenvalue weighted by atomic mass is 16.6. The van der Waals surface area contributed by atoms with E-state index in [4.69, 9.17) is 4.74 Å². The molecule has 2 heterocycles. The van der Waals surface area contributed by atoms with Crippen LogP contribution < -0.4 is 5.32 Å². The maximum absolute atomic E-state index is 12.5. The van der Waals surface area contributed by atoms with Crippen LogP contribution in [0.2, 0.25) is 0 Å². The van der Waals surface area contributed by atoms with Crippen LogP contribution in [-0.4, -0.2) is 66.7 Å². The predicted octanol–water partition coefficient (Wildman–Crippen LogP) is 2.54. The van der Waals surface area contributed by atoms with Crippen molar-refractivity contribution in [2.45, 2.75) is 64.0 Å². The number of hydrogen-bond donors (Lipinski definition) is 1. The third-order valence-electron chi connectivity index (χ3n) is 5.99. The molecule has 0 aromatic carbocycles. The molecule has 1 atom stereocenters. The first-order valence-electron chi connectivity index (χ1n) is 10.3. The minimum absolute atomic E-state index is 0.161. The van der Waals surface area contributed by atoms with Crippen molar-refractivity contribution in [3.05, 3.63) is 12.2 Å². The predicted molar refractivity (Wildman–Crippen MR) is 101 cm³/mol. The molecule has 2 saturated heterocycles. The largest absolute Gasteiger partial charge is 0.450 e. The van der Waals surface area contributed by atoms with Crippen molar-refractivity contribution < 1.29 is 14.3 Å². The van der Waals surface area contributed by atoms with Crippen LogP contribution in [0.3, 0.4) is 0 Å². The van der Waals surface area contributed by atoms with E-state index >= 15 is 0 Å². The van der Waals surface area contributed by atoms with Gasteiger partial charge >= 0.3 is 6.09 Å². The molecule has 3 rings (SSSR count). The third-order valence-corrected chi connectivity index (χ3v) is 5.99. The average molecular weight is 364 g/mol. The molecule has 1 N–H and O–H groups in total. The Morgan fingerprint density at radius 3 is 2.46 bits per heavy atom. The minimum atomic E-state index is -0.176. The molecule has 0 bridgehead atoms. The fourth-order valence-electron chi connectivity index (χ4n) is 4.42. The Labute approximate surface area is 156 Å². The number of hydrogen-bond acceptors (Lipinski definition) is 4. The highest BCUT2D eigenvalue weighted by Crippen LogP contribution is 2.25. The zero-order valence-electron chi connectivity index (χ0n) is 16.0. The number of ether oxygens (including phenoxy) is 1. The molecule has 0 aromatic rings. The highest BCUT2D eigenvalue weighted by molar-refractivity contribution is 5.79. The summed E-state index contributed by atoms with van der Waals surface area (Å²) in [5, 5.41) is 3.21. The second kappa shape index (κ2) is 9.40. The Kier molecular flexibility index (Phi) is 6.94. The molecule has 0 spiro atoms. The molecule has 2 aliphatic heterocycles. The zero-order chi connectivity index (χ0) is 18.4. The quantitative estimate of drug-likeness (QED) is 0.780. The lowest BCUT2D eigenvalue weighted by Crippen LogP contribution is -2.46. The molecule has 6 heteroatoms. The van der Waals surface area contributed by atoms with Gasteiger partial charge in [-0.2, -0.15) is 0 Å². The standard InChI is InChI=1S/C20H33N3O3/c1-2-26-20(25)23-12-5-8-18(11-15-23)22-13-9-16(10-14-22)19(24)21-17-6-3-4-7-17/h3-4,16-18H,2,5-15H2,1H3,(H,21,24). The Hall–Kier alpha value is -1.56. The van der Waals surface area contributed by atoms with Gasteiger partial charge in [0.1, 0.15) is 0 Å². The number of carbonyl (C=O) groups is 2. The smallest absolute Gasteiger partial charge is 0.409 e. The van der Waals surface area contributed by atoms with E-state index in [1.807, 2.05) is 11.8 Å². The first-order chi connectivity index (χ1) is 12.7. The van der Waals surface area contributed by atoms with Crippen LogP contribution in [0.4, 0.5) is 4.79 Å². The minimum Gasteiger partial charge on any atom is -0.450 e. The van der Waals surface area contributed by atoms with E-state index in [1.165, 1.54) is 0 Å². The second-order valence-corrected chi connectivity index (χ2v) is 7.73. The van der Waals surface area contributed by atoms with Crippen LogP contribution in [0.15, 0.2) is 12.2 Å². The van der Waals surface area contributed by atoms with Gasteiger partial charge in [0.2, 0.25) is 5.91 Å². The van der Waals surface area contributed by atoms with E-state index in [9.17, 15) is 9.59 Å². The maximum Gasteiger partial charge on any atom is 0.409 e. The van der Waals surface area contributed by atoms with E-state index in [0.29, 0.717) is 18.7 Å². The molecule has 3 aliphatic rings. The van der Waals surface area contributed by atoms with Crippen LogP contribution in [0, 0.1) is 5.92 Å². The number of carbonyl (C=O) groups excluding carboxylic acids is 2. The van der Waals surface area contributed by atoms with Crippen LogP contribution >= 0.6 is 0 Å². The summed E-state index contributed by atoms with van der Waals surface area (Å²) < 4.78 is 5.14. The van der Waals surface area contributed by atoms with Crippen LogP contribution in [0.25, 0.3) is 0 Å². The van der Waals surface area contributed by atoms with Gasteiger partial charge in [0, 0.05) is 31.1 Å². The van der Waals surface area contributed by atoms with Crippen molar-refractivity contribution in [2.24, 2.45) is 5.92 Å². The summed E-state index contributed by atoms with van der Waals surface area (Å²) in [4.78, 5) is 28.8. The molecule has 0 aromatic heterocycles. The Balaban J connectivity index is 1.41. The molecule has 0 radical (unpaired) electrons. The van der Waals surface area contributed by atoms with Gasteiger partial charge in [0.05, 0.1) is 6.61 Å². The fraction of sp³-hybridized carbons (Fsp3) is 0.800. The average Bonchev–Trinajstić information content (AvgIpc) is 3.03. The molecule has 2 amide bonds. The number of nitrogens with zero attached hydrogens (tertiary/aromatic N) is 2. The maximum atomic E-state index is 12.5. The summed E-state index contributed by atoms with van der Waals surface area (Å²) in [6.45, 7) is 5.84. The van der Waals surface area contributed by atoms with Gasteiger partial charge in [0.25, 0.3) is 0 Å². The van der Waals surface area contributed by atoms with Crippen molar-refractivity contribution in [3.63, 3.8) is 0 Å². The van der Waals surface area contributed by atoms with E-state index in [-0.39, 0.29) is 17.9 Å². The number of piperidine rings is 1. The Bertz CT molecular complexity index is 506. The van der Waals surface area contributed by atoms with Gasteiger partial charge in [-0.05, 0) is 65.0 Å². The first-order valence-corrected chi connectivity index (χ1v) is 10.3. The molecule has 2 fully saturated rings. The van der Waals surface area contributed by atoms with Crippen LogP contribution in [0.5, 0.6) is 0 Å². The van der Waals surface area contributed by atoms with Crippen molar-refractivity contribution >= 4 is 12.0 Å². The number of amides is 2. The third kappa shape index (κ3) is 5.00. The van der Waals surface area contributed by atoms with Gasteiger partial charge in [-0.15, -0.1) is 0 Å². The lowest BCUT2D eigenvalue weighted by Gasteiger charge is -2.37. The zero-order valence-corrected chi connectivity index (χ0v) is 16.0. The lowest BCUT2D eigenvalue weighted by atomic mass is 9.93. The number of likely N-dealkylation sites (tertiary alicyclic amines) is 2.